The van der Waals surface area contributed by atoms with E-state index in [0.717, 1.165) is 96.3 Å². The minimum Gasteiger partial charge on any atom is -0.462 e. The van der Waals surface area contributed by atoms with Crippen molar-refractivity contribution in [2.75, 3.05) is 13.2 Å². The van der Waals surface area contributed by atoms with Crippen LogP contribution in [0.4, 0.5) is 0 Å². The summed E-state index contributed by atoms with van der Waals surface area (Å²) < 4.78 is 10.8. The SMILES string of the molecule is CC/C=C\C/C=C\C/C=C\C/C=C\C/C=C\CCCCCCCCCCCCCCCCCCCCCCCCCCCC(=O)OC(CO)COC(=O)CCCCCCCCCCCCCCCC/C=C\C/C=C\C/C=C\C/C=C\CC. The van der Waals surface area contributed by atoms with E-state index in [9.17, 15) is 14.7 Å². The summed E-state index contributed by atoms with van der Waals surface area (Å²) in [7, 11) is 0. The number of hydrogen-bond donors (Lipinski definition) is 1. The molecule has 0 spiro atoms. The van der Waals surface area contributed by atoms with Crippen LogP contribution < -0.4 is 0 Å². The fourth-order valence-electron chi connectivity index (χ4n) is 10.3. The number of carbonyl (C=O) groups is 2. The number of hydrogen-bond acceptors (Lipinski definition) is 5. The lowest BCUT2D eigenvalue weighted by atomic mass is 10.0. The number of carbonyl (C=O) groups excluding carboxylic acids is 2. The molecule has 0 aromatic rings. The first-order chi connectivity index (χ1) is 40.6. The van der Waals surface area contributed by atoms with Gasteiger partial charge in [-0.15, -0.1) is 0 Å². The maximum Gasteiger partial charge on any atom is 0.306 e. The minimum atomic E-state index is -0.776. The summed E-state index contributed by atoms with van der Waals surface area (Å²) >= 11 is 0. The van der Waals surface area contributed by atoms with Crippen molar-refractivity contribution in [3.05, 3.63) is 109 Å². The average molecular weight is 1140 g/mol. The topological polar surface area (TPSA) is 72.8 Å². The second kappa shape index (κ2) is 71.8. The molecule has 472 valence electrons. The molecule has 82 heavy (non-hydrogen) atoms. The predicted molar refractivity (Wildman–Crippen MR) is 362 cm³/mol. The Morgan fingerprint density at radius 2 is 0.488 bits per heavy atom. The van der Waals surface area contributed by atoms with Crippen LogP contribution in [0.3, 0.4) is 0 Å². The van der Waals surface area contributed by atoms with Crippen molar-refractivity contribution < 1.29 is 24.2 Å². The van der Waals surface area contributed by atoms with Gasteiger partial charge in [0.15, 0.2) is 6.10 Å². The van der Waals surface area contributed by atoms with Crippen molar-refractivity contribution in [2.24, 2.45) is 0 Å². The highest BCUT2D eigenvalue weighted by Gasteiger charge is 2.16. The van der Waals surface area contributed by atoms with E-state index in [2.05, 4.69) is 123 Å². The molecule has 0 fully saturated rings. The predicted octanol–water partition coefficient (Wildman–Crippen LogP) is 24.8. The Morgan fingerprint density at radius 1 is 0.280 bits per heavy atom. The molecule has 0 radical (unpaired) electrons. The largest absolute Gasteiger partial charge is 0.462 e. The zero-order valence-corrected chi connectivity index (χ0v) is 54.2. The molecule has 5 nitrogen and oxygen atoms in total. The molecule has 0 aliphatic rings. The normalized spacial score (nSPS) is 12.9. The summed E-state index contributed by atoms with van der Waals surface area (Å²) in [6.45, 7) is 3.95. The molecule has 0 bridgehead atoms. The van der Waals surface area contributed by atoms with E-state index in [1.54, 1.807) is 0 Å². The molecule has 0 amide bonds. The standard InChI is InChI=1S/C77H134O5/c1-3-5-7-9-11-13-15-17-19-21-23-25-27-29-31-32-33-34-35-36-37-38-39-40-41-42-43-44-46-48-50-52-54-56-58-60-62-64-66-68-70-72-77(80)82-75(73-78)74-81-76(79)71-69-67-65-63-61-59-57-55-53-51-49-47-45-30-28-26-24-22-20-18-16-14-12-10-8-6-4-2/h5-8,11-14,17-20,23-26,29,31,75,78H,3-4,9-10,15-16,21-22,27-28,30,32-74H2,1-2H3/b7-5-,8-6-,13-11-,14-12-,19-17-,20-18-,25-23-,26-24-,31-29-. The van der Waals surface area contributed by atoms with Crippen molar-refractivity contribution in [3.8, 4) is 0 Å². The summed E-state index contributed by atoms with van der Waals surface area (Å²) in [5, 5.41) is 9.70. The lowest BCUT2D eigenvalue weighted by molar-refractivity contribution is -0.161. The van der Waals surface area contributed by atoms with E-state index in [1.165, 1.54) is 225 Å². The summed E-state index contributed by atoms with van der Waals surface area (Å²) in [4.78, 5) is 24.7. The van der Waals surface area contributed by atoms with Crippen molar-refractivity contribution in [1.29, 1.82) is 0 Å². The van der Waals surface area contributed by atoms with Crippen LogP contribution in [0.2, 0.25) is 0 Å². The van der Waals surface area contributed by atoms with E-state index >= 15 is 0 Å². The Bertz CT molecular complexity index is 1570. The van der Waals surface area contributed by atoms with Crippen molar-refractivity contribution in [1.82, 2.24) is 0 Å². The van der Waals surface area contributed by atoms with Gasteiger partial charge in [-0.05, 0) is 96.3 Å². The number of rotatable bonds is 65. The Hall–Kier alpha value is -3.44. The van der Waals surface area contributed by atoms with E-state index in [0.29, 0.717) is 12.8 Å². The highest BCUT2D eigenvalue weighted by atomic mass is 16.6. The molecule has 0 aromatic carbocycles. The Labute approximate surface area is 510 Å². The summed E-state index contributed by atoms with van der Waals surface area (Å²) in [6.07, 6.45) is 104. The summed E-state index contributed by atoms with van der Waals surface area (Å²) in [5.41, 5.74) is 0. The Kier molecular flexibility index (Phi) is 68.8. The van der Waals surface area contributed by atoms with E-state index in [4.69, 9.17) is 9.47 Å². The molecule has 5 heteroatoms. The fraction of sp³-hybridized carbons (Fsp3) is 0.740. The van der Waals surface area contributed by atoms with Crippen LogP contribution in [0.1, 0.15) is 348 Å². The third kappa shape index (κ3) is 69.1. The zero-order valence-electron chi connectivity index (χ0n) is 54.2. The highest BCUT2D eigenvalue weighted by molar-refractivity contribution is 5.70. The number of unbranched alkanes of at least 4 members (excludes halogenated alkanes) is 39. The number of ether oxygens (including phenoxy) is 2. The Balaban J connectivity index is 3.41. The van der Waals surface area contributed by atoms with Crippen LogP contribution in [0, 0.1) is 0 Å². The molecule has 0 saturated carbocycles. The molecule has 0 heterocycles. The van der Waals surface area contributed by atoms with Gasteiger partial charge in [0.25, 0.3) is 0 Å². The summed E-state index contributed by atoms with van der Waals surface area (Å²) in [6, 6.07) is 0. The van der Waals surface area contributed by atoms with Crippen LogP contribution in [0.15, 0.2) is 109 Å². The molecule has 0 aliphatic carbocycles. The smallest absolute Gasteiger partial charge is 0.306 e. The van der Waals surface area contributed by atoms with Gasteiger partial charge in [0.1, 0.15) is 6.61 Å². The van der Waals surface area contributed by atoms with E-state index in [-0.39, 0.29) is 25.2 Å². The number of allylic oxidation sites excluding steroid dienone is 18. The van der Waals surface area contributed by atoms with Gasteiger partial charge in [0.05, 0.1) is 6.61 Å². The van der Waals surface area contributed by atoms with Gasteiger partial charge in [-0.3, -0.25) is 9.59 Å². The maximum atomic E-state index is 12.4. The van der Waals surface area contributed by atoms with Gasteiger partial charge in [-0.25, -0.2) is 0 Å². The molecule has 0 saturated heterocycles. The second-order valence-electron chi connectivity index (χ2n) is 23.6. The number of aliphatic hydroxyl groups is 1. The van der Waals surface area contributed by atoms with Gasteiger partial charge in [0.2, 0.25) is 0 Å². The van der Waals surface area contributed by atoms with Gasteiger partial charge in [0, 0.05) is 12.8 Å². The first kappa shape index (κ1) is 78.6. The third-order valence-corrected chi connectivity index (χ3v) is 15.6. The lowest BCUT2D eigenvalue weighted by Gasteiger charge is -2.15. The fourth-order valence-corrected chi connectivity index (χ4v) is 10.3. The maximum absolute atomic E-state index is 12.4. The molecule has 1 N–H and O–H groups in total. The third-order valence-electron chi connectivity index (χ3n) is 15.6. The molecule has 1 unspecified atom stereocenters. The first-order valence-corrected chi connectivity index (χ1v) is 35.4. The lowest BCUT2D eigenvalue weighted by Crippen LogP contribution is -2.28. The van der Waals surface area contributed by atoms with E-state index < -0.39 is 6.10 Å². The number of aliphatic hydroxyl groups excluding tert-OH is 1. The molecular formula is C77H134O5. The monoisotopic (exact) mass is 1140 g/mol. The van der Waals surface area contributed by atoms with Crippen molar-refractivity contribution in [2.45, 2.75) is 354 Å². The average Bonchev–Trinajstić information content (AvgIpc) is 3.49. The molecule has 0 rings (SSSR count). The quantitative estimate of drug-likeness (QED) is 0.0373. The van der Waals surface area contributed by atoms with Gasteiger partial charge in [-0.2, -0.15) is 0 Å². The van der Waals surface area contributed by atoms with Crippen molar-refractivity contribution >= 4 is 11.9 Å². The van der Waals surface area contributed by atoms with Gasteiger partial charge < -0.3 is 14.6 Å². The molecule has 0 aliphatic heterocycles. The zero-order chi connectivity index (χ0) is 59.1. The molecular weight excluding hydrogens is 1000 g/mol. The van der Waals surface area contributed by atoms with Crippen molar-refractivity contribution in [3.63, 3.8) is 0 Å². The van der Waals surface area contributed by atoms with Crippen LogP contribution in [0.25, 0.3) is 0 Å². The van der Waals surface area contributed by atoms with Crippen LogP contribution in [-0.2, 0) is 19.1 Å². The van der Waals surface area contributed by atoms with Gasteiger partial charge in [-0.1, -0.05) is 348 Å². The van der Waals surface area contributed by atoms with Gasteiger partial charge >= 0.3 is 11.9 Å². The number of esters is 2. The Morgan fingerprint density at radius 3 is 0.732 bits per heavy atom. The molecule has 0 aromatic heterocycles. The first-order valence-electron chi connectivity index (χ1n) is 35.4. The van der Waals surface area contributed by atoms with Crippen LogP contribution >= 0.6 is 0 Å². The van der Waals surface area contributed by atoms with Crippen LogP contribution in [-0.4, -0.2) is 36.4 Å². The summed E-state index contributed by atoms with van der Waals surface area (Å²) in [5.74, 6) is -0.577. The van der Waals surface area contributed by atoms with Crippen LogP contribution in [0.5, 0.6) is 0 Å². The molecule has 1 atom stereocenters. The van der Waals surface area contributed by atoms with E-state index in [1.807, 2.05) is 0 Å². The minimum absolute atomic E-state index is 0.0655. The highest BCUT2D eigenvalue weighted by Crippen LogP contribution is 2.18. The second-order valence-corrected chi connectivity index (χ2v) is 23.6.